The fourth-order valence-corrected chi connectivity index (χ4v) is 19.7. The molecule has 0 radical (unpaired) electrons. The lowest BCUT2D eigenvalue weighted by atomic mass is 9.71. The Kier molecular flexibility index (Phi) is 14.8. The van der Waals surface area contributed by atoms with Crippen molar-refractivity contribution in [1.29, 1.82) is 5.26 Å². The van der Waals surface area contributed by atoms with Crippen LogP contribution in [0.2, 0.25) is 0 Å². The number of amides is 4. The number of nitrogens with zero attached hydrogens (tertiary/aromatic N) is 3. The van der Waals surface area contributed by atoms with Crippen LogP contribution >= 0.6 is 35.3 Å². The number of fused-ring (bicyclic) bond motifs is 11. The molecule has 1 spiro atoms. The normalized spacial score (nSPS) is 31.6. The van der Waals surface area contributed by atoms with E-state index in [4.69, 9.17) is 33.2 Å². The maximum absolute atomic E-state index is 15.3. The second kappa shape index (κ2) is 21.9. The number of phenolic OH excluding ortho intramolecular Hbond substituents is 1. The number of rotatable bonds is 14. The van der Waals surface area contributed by atoms with Gasteiger partial charge in [0.1, 0.15) is 18.4 Å². The molecule has 11 aliphatic heterocycles. The number of benzene rings is 3. The largest absolute Gasteiger partial charge is 0.504 e. The van der Waals surface area contributed by atoms with Gasteiger partial charge < -0.3 is 59.5 Å². The lowest BCUT2D eigenvalue weighted by Gasteiger charge is -2.62. The molecule has 6 N–H and O–H groups in total. The van der Waals surface area contributed by atoms with Gasteiger partial charge in [-0.15, -0.1) is 11.8 Å². The maximum Gasteiger partial charge on any atom is 0.331 e. The summed E-state index contributed by atoms with van der Waals surface area (Å²) in [6, 6.07) is 4.91. The molecule has 3 aromatic carbocycles. The van der Waals surface area contributed by atoms with E-state index in [2.05, 4.69) is 48.5 Å². The number of nitrogens with one attached hydrogen (secondary N) is 5. The van der Waals surface area contributed by atoms with Gasteiger partial charge >= 0.3 is 30.0 Å². The number of carbonyl (C=O) groups excluding carboxylic acids is 5. The van der Waals surface area contributed by atoms with E-state index in [1.807, 2.05) is 44.4 Å². The van der Waals surface area contributed by atoms with Crippen molar-refractivity contribution in [2.75, 3.05) is 58.5 Å². The van der Waals surface area contributed by atoms with Gasteiger partial charge in [0.2, 0.25) is 6.79 Å². The SMILES string of the molecule is COc1cc2c(cc1O)CCN[C@]21CS[C@@H]2c3c(OC(=O)CCCC[C@@H]4SCC5NC(=O)NC54)c(C)c4c(c3[C@@H](COC1=O)N1C2[C@@H]2c3c(cc(C)c(OC)c3OC(=O)CCCCC3SCC5NC(=O)NC53)C[C@H]([C@@H]1C#N)N2C)OCO4. The number of likely N-dealkylation sites (N-methyl/N-ethyl adjacent to an activating group) is 1. The number of nitriles is 1. The fourth-order valence-electron chi connectivity index (χ4n) is 15.0. The van der Waals surface area contributed by atoms with E-state index in [9.17, 15) is 29.5 Å². The number of phenols is 1. The third-order valence-corrected chi connectivity index (χ3v) is 23.2. The summed E-state index contributed by atoms with van der Waals surface area (Å²) >= 11 is 5.14. The Labute approximate surface area is 488 Å². The van der Waals surface area contributed by atoms with Crippen LogP contribution in [0, 0.1) is 25.2 Å². The van der Waals surface area contributed by atoms with Crippen LogP contribution in [-0.4, -0.2) is 156 Å². The van der Waals surface area contributed by atoms with Gasteiger partial charge in [-0.1, -0.05) is 18.9 Å². The highest BCUT2D eigenvalue weighted by Gasteiger charge is 2.62. The van der Waals surface area contributed by atoms with Crippen molar-refractivity contribution < 1.29 is 62.2 Å². The summed E-state index contributed by atoms with van der Waals surface area (Å²) in [6.45, 7) is 3.82. The minimum Gasteiger partial charge on any atom is -0.504 e. The molecule has 4 amide bonds. The molecule has 11 aliphatic rings. The molecule has 13 atom stereocenters. The van der Waals surface area contributed by atoms with Crippen molar-refractivity contribution in [3.63, 3.8) is 0 Å². The van der Waals surface area contributed by atoms with Crippen LogP contribution in [0.1, 0.15) is 113 Å². The highest BCUT2D eigenvalue weighted by molar-refractivity contribution is 8.00. The van der Waals surface area contributed by atoms with Crippen LogP contribution < -0.4 is 55.0 Å². The molecule has 21 nitrogen and oxygen atoms in total. The zero-order chi connectivity index (χ0) is 56.9. The number of aryl methyl sites for hydroxylation is 1. The van der Waals surface area contributed by atoms with Crippen LogP contribution in [0.25, 0.3) is 0 Å². The number of ether oxygens (including phenoxy) is 7. The zero-order valence-electron chi connectivity index (χ0n) is 46.4. The monoisotopic (exact) mass is 1180 g/mol. The van der Waals surface area contributed by atoms with Gasteiger partial charge in [0.25, 0.3) is 0 Å². The molecule has 6 fully saturated rings. The number of hydrogen-bond acceptors (Lipinski definition) is 20. The Hall–Kier alpha value is -5.97. The third-order valence-electron chi connectivity index (χ3n) is 18.7. The third kappa shape index (κ3) is 9.12. The second-order valence-corrected chi connectivity index (χ2v) is 26.8. The topological polar surface area (TPSA) is 261 Å². The van der Waals surface area contributed by atoms with Gasteiger partial charge in [0, 0.05) is 81.5 Å². The van der Waals surface area contributed by atoms with Gasteiger partial charge in [-0.3, -0.25) is 24.7 Å². The predicted octanol–water partition coefficient (Wildman–Crippen LogP) is 5.62. The molecular formula is C58H68N8O13S3. The Morgan fingerprint density at radius 1 is 0.805 bits per heavy atom. The minimum atomic E-state index is -1.46. The molecule has 14 rings (SSSR count). The van der Waals surface area contributed by atoms with Crippen molar-refractivity contribution in [2.24, 2.45) is 0 Å². The fraction of sp³-hybridized carbons (Fsp3) is 0.586. The van der Waals surface area contributed by atoms with E-state index >= 15 is 4.79 Å². The molecule has 0 aromatic heterocycles. The summed E-state index contributed by atoms with van der Waals surface area (Å²) in [6.07, 6.45) is 5.49. The lowest BCUT2D eigenvalue weighted by Crippen LogP contribution is -2.69. The highest BCUT2D eigenvalue weighted by Crippen LogP contribution is 2.65. The number of piperazine rings is 1. The van der Waals surface area contributed by atoms with E-state index < -0.39 is 58.9 Å². The molecule has 4 bridgehead atoms. The molecule has 0 saturated carbocycles. The maximum atomic E-state index is 15.3. The van der Waals surface area contributed by atoms with Crippen molar-refractivity contribution in [2.45, 2.75) is 154 Å². The van der Waals surface area contributed by atoms with Crippen LogP contribution in [0.4, 0.5) is 9.59 Å². The number of thioether (sulfide) groups is 3. The average Bonchev–Trinajstić information content (AvgIpc) is 1.25. The second-order valence-electron chi connectivity index (χ2n) is 23.2. The predicted molar refractivity (Wildman–Crippen MR) is 304 cm³/mol. The summed E-state index contributed by atoms with van der Waals surface area (Å²) in [5, 5.41) is 38.2. The van der Waals surface area contributed by atoms with Crippen LogP contribution in [0.3, 0.4) is 0 Å². The van der Waals surface area contributed by atoms with Crippen molar-refractivity contribution >= 4 is 65.3 Å². The Balaban J connectivity index is 0.900. The Morgan fingerprint density at radius 2 is 1.48 bits per heavy atom. The zero-order valence-corrected chi connectivity index (χ0v) is 48.8. The Morgan fingerprint density at radius 3 is 2.13 bits per heavy atom. The van der Waals surface area contributed by atoms with Gasteiger partial charge in [-0.2, -0.15) is 28.8 Å². The molecule has 11 heterocycles. The number of hydrogen-bond donors (Lipinski definition) is 6. The molecule has 3 aromatic rings. The van der Waals surface area contributed by atoms with E-state index in [0.29, 0.717) is 83.2 Å². The minimum absolute atomic E-state index is 0.0483. The van der Waals surface area contributed by atoms with Crippen molar-refractivity contribution in [1.82, 2.24) is 36.4 Å². The van der Waals surface area contributed by atoms with Gasteiger partial charge in [-0.05, 0) is 93.8 Å². The molecule has 0 aliphatic carbocycles. The van der Waals surface area contributed by atoms with Gasteiger partial charge in [-0.25, -0.2) is 14.4 Å². The molecule has 6 unspecified atom stereocenters. The number of unbranched alkanes of at least 4 members (excludes halogenated alkanes) is 2. The van der Waals surface area contributed by atoms with E-state index in [-0.39, 0.29) is 90.2 Å². The number of methoxy groups -OCH3 is 2. The lowest BCUT2D eigenvalue weighted by molar-refractivity contribution is -0.157. The summed E-state index contributed by atoms with van der Waals surface area (Å²) in [7, 11) is 5.04. The smallest absolute Gasteiger partial charge is 0.331 e. The standard InChI is InChI=1S/C58H68N8O13S3/c1-26-16-29-17-33-34(20-59)66-35-21-75-55(70)58(30-19-37(73-4)36(67)18-28(30)14-15-60-58)24-82-54(44-43(35)52-51(76-25-77-52)27(2)50(44)78-40(68)12-8-6-10-38-45-31(22-80-38)61-56(71)63-45)48(66)47(65(33)3)42(29)53(49(26)74-5)79-41(69)13-9-7-11-39-46-32(23-81-39)62-57(72)64-46/h16,18-19,31-35,38-39,45-48,54,60,67H,6-15,17,21-25H2,1-5H3,(H2,61,63,71)(H2,62,64,72)/t31?,32?,33-,34+,35-,38+,39?,45?,46?,47+,48?,54-,58-/m1/s1. The summed E-state index contributed by atoms with van der Waals surface area (Å²) < 4.78 is 44.6. The van der Waals surface area contributed by atoms with Crippen molar-refractivity contribution in [3.05, 3.63) is 62.7 Å². The quantitative estimate of drug-likeness (QED) is 0.0495. The first-order valence-electron chi connectivity index (χ1n) is 28.5. The van der Waals surface area contributed by atoms with Gasteiger partial charge in [0.05, 0.1) is 61.8 Å². The summed E-state index contributed by atoms with van der Waals surface area (Å²) in [4.78, 5) is 72.9. The molecule has 24 heteroatoms. The molecule has 6 saturated heterocycles. The summed E-state index contributed by atoms with van der Waals surface area (Å²) in [5.41, 5.74) is 4.16. The first-order chi connectivity index (χ1) is 39.7. The Bertz CT molecular complexity index is 3200. The number of esters is 3. The van der Waals surface area contributed by atoms with Crippen LogP contribution in [-0.2, 0) is 37.5 Å². The van der Waals surface area contributed by atoms with E-state index in [0.717, 1.165) is 59.4 Å². The van der Waals surface area contributed by atoms with Gasteiger partial charge in [0.15, 0.2) is 40.0 Å². The molecule has 436 valence electrons. The first-order valence-corrected chi connectivity index (χ1v) is 31.6. The molecular weight excluding hydrogens is 1110 g/mol. The van der Waals surface area contributed by atoms with E-state index in [1.54, 1.807) is 19.2 Å². The molecule has 82 heavy (non-hydrogen) atoms. The first kappa shape index (κ1) is 55.2. The van der Waals surface area contributed by atoms with Crippen molar-refractivity contribution in [3.8, 4) is 46.3 Å². The summed E-state index contributed by atoms with van der Waals surface area (Å²) in [5.74, 6) is 2.39. The number of aromatic hydroxyl groups is 1. The average molecular weight is 1180 g/mol. The number of urea groups is 2. The number of carbonyl (C=O) groups is 5. The van der Waals surface area contributed by atoms with Crippen LogP contribution in [0.15, 0.2) is 18.2 Å². The highest BCUT2D eigenvalue weighted by atomic mass is 32.2. The van der Waals surface area contributed by atoms with Crippen LogP contribution in [0.5, 0.6) is 40.2 Å². The van der Waals surface area contributed by atoms with E-state index in [1.165, 1.54) is 18.9 Å².